The molecule has 4 rings (SSSR count). The highest BCUT2D eigenvalue weighted by molar-refractivity contribution is 7.15. The van der Waals surface area contributed by atoms with Crippen molar-refractivity contribution in [3.05, 3.63) is 70.2 Å². The Balaban J connectivity index is 1.30. The van der Waals surface area contributed by atoms with Crippen LogP contribution in [0.5, 0.6) is 0 Å². The van der Waals surface area contributed by atoms with Gasteiger partial charge >= 0.3 is 0 Å². The average Bonchev–Trinajstić information content (AvgIpc) is 3.36. The van der Waals surface area contributed by atoms with Gasteiger partial charge < -0.3 is 10.2 Å². The fraction of sp³-hybridized carbons (Fsp3) is 0.273. The number of hydrogen-bond donors (Lipinski definition) is 1. The first kappa shape index (κ1) is 20.5. The van der Waals surface area contributed by atoms with Gasteiger partial charge in [0.1, 0.15) is 5.01 Å². The summed E-state index contributed by atoms with van der Waals surface area (Å²) in [4.78, 5) is 26.4. The maximum atomic E-state index is 12.4. The molecule has 2 aromatic carbocycles. The molecular formula is C22H21ClN4O2S. The number of nitrogens with one attached hydrogen (secondary N) is 1. The second kappa shape index (κ2) is 9.36. The number of aryl methyl sites for hydroxylation is 1. The number of nitrogens with zero attached hydrogens (tertiary/aromatic N) is 3. The van der Waals surface area contributed by atoms with Crippen LogP contribution in [0, 0.1) is 0 Å². The van der Waals surface area contributed by atoms with E-state index in [1.165, 1.54) is 16.9 Å². The van der Waals surface area contributed by atoms with E-state index in [9.17, 15) is 9.59 Å². The van der Waals surface area contributed by atoms with Gasteiger partial charge in [0, 0.05) is 36.0 Å². The van der Waals surface area contributed by atoms with E-state index in [1.807, 2.05) is 30.3 Å². The number of anilines is 2. The molecule has 0 spiro atoms. The SMILES string of the molecule is O=C(CCCc1ccccc1)Nc1nnc(C2CC(=O)N(c3ccc(Cl)cc3)C2)s1. The van der Waals surface area contributed by atoms with Gasteiger partial charge in [-0.15, -0.1) is 10.2 Å². The zero-order chi connectivity index (χ0) is 20.9. The van der Waals surface area contributed by atoms with Gasteiger partial charge in [-0.25, -0.2) is 0 Å². The summed E-state index contributed by atoms with van der Waals surface area (Å²) in [6, 6.07) is 17.3. The fourth-order valence-electron chi connectivity index (χ4n) is 3.47. The molecule has 1 aliphatic rings. The third kappa shape index (κ3) is 5.04. The maximum Gasteiger partial charge on any atom is 0.227 e. The molecule has 0 saturated carbocycles. The summed E-state index contributed by atoms with van der Waals surface area (Å²) < 4.78 is 0. The molecule has 1 aliphatic heterocycles. The van der Waals surface area contributed by atoms with Crippen molar-refractivity contribution >= 4 is 45.6 Å². The minimum Gasteiger partial charge on any atom is -0.312 e. The lowest BCUT2D eigenvalue weighted by Crippen LogP contribution is -2.24. The van der Waals surface area contributed by atoms with Gasteiger partial charge in [0.25, 0.3) is 0 Å². The lowest BCUT2D eigenvalue weighted by atomic mass is 10.1. The van der Waals surface area contributed by atoms with E-state index < -0.39 is 0 Å². The molecule has 1 atom stereocenters. The molecule has 1 N–H and O–H groups in total. The Morgan fingerprint density at radius 3 is 2.67 bits per heavy atom. The highest BCUT2D eigenvalue weighted by Gasteiger charge is 2.33. The molecule has 154 valence electrons. The predicted molar refractivity (Wildman–Crippen MR) is 119 cm³/mol. The normalized spacial score (nSPS) is 16.1. The fourth-order valence-corrected chi connectivity index (χ4v) is 4.45. The van der Waals surface area contributed by atoms with E-state index in [0.717, 1.165) is 23.5 Å². The summed E-state index contributed by atoms with van der Waals surface area (Å²) in [7, 11) is 0. The number of aromatic nitrogens is 2. The van der Waals surface area contributed by atoms with Crippen LogP contribution in [0.1, 0.15) is 35.8 Å². The van der Waals surface area contributed by atoms with Crippen LogP contribution in [0.4, 0.5) is 10.8 Å². The predicted octanol–water partition coefficient (Wildman–Crippen LogP) is 4.67. The molecule has 0 aliphatic carbocycles. The molecular weight excluding hydrogens is 420 g/mol. The third-order valence-corrected chi connectivity index (χ3v) is 6.26. The van der Waals surface area contributed by atoms with Crippen LogP contribution in [0.25, 0.3) is 0 Å². The molecule has 1 unspecified atom stereocenters. The summed E-state index contributed by atoms with van der Waals surface area (Å²) in [5.41, 5.74) is 2.04. The zero-order valence-corrected chi connectivity index (χ0v) is 17.8. The van der Waals surface area contributed by atoms with Crippen molar-refractivity contribution < 1.29 is 9.59 Å². The highest BCUT2D eigenvalue weighted by atomic mass is 35.5. The number of benzene rings is 2. The monoisotopic (exact) mass is 440 g/mol. The van der Waals surface area contributed by atoms with Crippen molar-refractivity contribution in [3.8, 4) is 0 Å². The van der Waals surface area contributed by atoms with Gasteiger partial charge in [0.15, 0.2) is 0 Å². The van der Waals surface area contributed by atoms with Crippen molar-refractivity contribution in [1.29, 1.82) is 0 Å². The van der Waals surface area contributed by atoms with Crippen molar-refractivity contribution in [1.82, 2.24) is 10.2 Å². The molecule has 3 aromatic rings. The summed E-state index contributed by atoms with van der Waals surface area (Å²) in [5.74, 6) is -0.0580. The number of carbonyl (C=O) groups excluding carboxylic acids is 2. The number of halogens is 1. The van der Waals surface area contributed by atoms with Crippen LogP contribution < -0.4 is 10.2 Å². The van der Waals surface area contributed by atoms with Crippen LogP contribution in [0.15, 0.2) is 54.6 Å². The van der Waals surface area contributed by atoms with E-state index in [-0.39, 0.29) is 17.7 Å². The number of hydrogen-bond acceptors (Lipinski definition) is 5. The Morgan fingerprint density at radius 1 is 1.13 bits per heavy atom. The second-order valence-electron chi connectivity index (χ2n) is 7.21. The molecule has 30 heavy (non-hydrogen) atoms. The second-order valence-corrected chi connectivity index (χ2v) is 8.66. The summed E-state index contributed by atoms with van der Waals surface area (Å²) in [5, 5.41) is 13.0. The van der Waals surface area contributed by atoms with Crippen LogP contribution in [-0.2, 0) is 16.0 Å². The highest BCUT2D eigenvalue weighted by Crippen LogP contribution is 2.34. The van der Waals surface area contributed by atoms with Crippen LogP contribution in [0.3, 0.4) is 0 Å². The van der Waals surface area contributed by atoms with Crippen LogP contribution in [0.2, 0.25) is 5.02 Å². The van der Waals surface area contributed by atoms with Crippen molar-refractivity contribution in [2.75, 3.05) is 16.8 Å². The number of carbonyl (C=O) groups is 2. The smallest absolute Gasteiger partial charge is 0.227 e. The molecule has 0 bridgehead atoms. The molecule has 1 fully saturated rings. The average molecular weight is 441 g/mol. The minimum absolute atomic E-state index is 0.0330. The largest absolute Gasteiger partial charge is 0.312 e. The third-order valence-electron chi connectivity index (χ3n) is 5.01. The minimum atomic E-state index is -0.0704. The Labute approximate surface area is 183 Å². The molecule has 0 radical (unpaired) electrons. The van der Waals surface area contributed by atoms with Crippen LogP contribution >= 0.6 is 22.9 Å². The first-order valence-electron chi connectivity index (χ1n) is 9.81. The summed E-state index contributed by atoms with van der Waals surface area (Å²) >= 11 is 7.27. The zero-order valence-electron chi connectivity index (χ0n) is 16.3. The molecule has 2 heterocycles. The quantitative estimate of drug-likeness (QED) is 0.579. The molecule has 8 heteroatoms. The molecule has 6 nitrogen and oxygen atoms in total. The Kier molecular flexibility index (Phi) is 6.40. The lowest BCUT2D eigenvalue weighted by Gasteiger charge is -2.16. The van der Waals surface area contributed by atoms with E-state index in [2.05, 4.69) is 27.6 Å². The van der Waals surface area contributed by atoms with Gasteiger partial charge in [-0.3, -0.25) is 9.59 Å². The van der Waals surface area contributed by atoms with E-state index in [0.29, 0.717) is 29.5 Å². The first-order chi connectivity index (χ1) is 14.6. The Hall–Kier alpha value is -2.77. The summed E-state index contributed by atoms with van der Waals surface area (Å²) in [6.45, 7) is 0.542. The topological polar surface area (TPSA) is 75.2 Å². The van der Waals surface area contributed by atoms with E-state index >= 15 is 0 Å². The van der Waals surface area contributed by atoms with Crippen molar-refractivity contribution in [3.63, 3.8) is 0 Å². The van der Waals surface area contributed by atoms with Crippen molar-refractivity contribution in [2.45, 2.75) is 31.6 Å². The maximum absolute atomic E-state index is 12.4. The standard InChI is InChI=1S/C22H21ClN4O2S/c23-17-9-11-18(12-10-17)27-14-16(13-20(27)29)21-25-26-22(30-21)24-19(28)8-4-7-15-5-2-1-3-6-15/h1-3,5-6,9-12,16H,4,7-8,13-14H2,(H,24,26,28). The van der Waals surface area contributed by atoms with Gasteiger partial charge in [-0.05, 0) is 42.7 Å². The van der Waals surface area contributed by atoms with Gasteiger partial charge in [-0.1, -0.05) is 53.3 Å². The Morgan fingerprint density at radius 2 is 1.90 bits per heavy atom. The van der Waals surface area contributed by atoms with Gasteiger partial charge in [0.05, 0.1) is 0 Å². The van der Waals surface area contributed by atoms with Gasteiger partial charge in [-0.2, -0.15) is 0 Å². The Bertz CT molecular complexity index is 1020. The first-order valence-corrected chi connectivity index (χ1v) is 11.0. The van der Waals surface area contributed by atoms with Crippen molar-refractivity contribution in [2.24, 2.45) is 0 Å². The van der Waals surface area contributed by atoms with Gasteiger partial charge in [0.2, 0.25) is 16.9 Å². The molecule has 1 aromatic heterocycles. The van der Waals surface area contributed by atoms with E-state index in [4.69, 9.17) is 11.6 Å². The van der Waals surface area contributed by atoms with E-state index in [1.54, 1.807) is 17.0 Å². The molecule has 2 amide bonds. The molecule has 1 saturated heterocycles. The lowest BCUT2D eigenvalue weighted by molar-refractivity contribution is -0.117. The number of amides is 2. The van der Waals surface area contributed by atoms with Crippen LogP contribution in [-0.4, -0.2) is 28.6 Å². The number of rotatable bonds is 7. The summed E-state index contributed by atoms with van der Waals surface area (Å²) in [6.07, 6.45) is 2.44.